The quantitative estimate of drug-likeness (QED) is 0.426. The molecule has 0 radical (unpaired) electrons. The minimum Gasteiger partial charge on any atom is -0.458 e. The van der Waals surface area contributed by atoms with Gasteiger partial charge in [-0.15, -0.1) is 11.6 Å². The summed E-state index contributed by atoms with van der Waals surface area (Å²) in [6.07, 6.45) is 1.80. The maximum atomic E-state index is 12.4. The molecule has 4 rings (SSSR count). The van der Waals surface area contributed by atoms with Gasteiger partial charge in [-0.2, -0.15) is 0 Å². The average Bonchev–Trinajstić information content (AvgIpc) is 2.69. The fourth-order valence-electron chi connectivity index (χ4n) is 4.18. The number of carbonyl (C=O) groups is 3. The number of esters is 3. The van der Waals surface area contributed by atoms with Crippen molar-refractivity contribution in [1.82, 2.24) is 0 Å². The van der Waals surface area contributed by atoms with Crippen molar-refractivity contribution in [1.29, 1.82) is 0 Å². The fraction of sp³-hybridized carbons (Fsp3) is 0.824. The Balaban J connectivity index is 1.67. The molecular formula is C17H23ClO6. The van der Waals surface area contributed by atoms with E-state index < -0.39 is 29.5 Å². The molecule has 0 N–H and O–H groups in total. The molecule has 4 fully saturated rings. The van der Waals surface area contributed by atoms with Crippen molar-refractivity contribution in [2.75, 3.05) is 0 Å². The van der Waals surface area contributed by atoms with Gasteiger partial charge in [0.1, 0.15) is 17.6 Å². The Morgan fingerprint density at radius 3 is 2.67 bits per heavy atom. The van der Waals surface area contributed by atoms with Gasteiger partial charge in [-0.25, -0.2) is 4.79 Å². The molecule has 2 saturated carbocycles. The van der Waals surface area contributed by atoms with Crippen molar-refractivity contribution in [3.8, 4) is 0 Å². The van der Waals surface area contributed by atoms with Crippen molar-refractivity contribution in [2.45, 2.75) is 69.6 Å². The van der Waals surface area contributed by atoms with Crippen LogP contribution in [0.25, 0.3) is 0 Å². The van der Waals surface area contributed by atoms with Crippen molar-refractivity contribution in [3.63, 3.8) is 0 Å². The van der Waals surface area contributed by atoms with E-state index >= 15 is 0 Å². The van der Waals surface area contributed by atoms with Gasteiger partial charge in [0, 0.05) is 5.92 Å². The molecule has 4 aliphatic rings. The highest BCUT2D eigenvalue weighted by Gasteiger charge is 2.52. The second-order valence-corrected chi connectivity index (χ2v) is 7.75. The van der Waals surface area contributed by atoms with Gasteiger partial charge in [0.05, 0.1) is 5.92 Å². The highest BCUT2D eigenvalue weighted by atomic mass is 35.5. The zero-order chi connectivity index (χ0) is 17.4. The first kappa shape index (κ1) is 17.5. The van der Waals surface area contributed by atoms with Gasteiger partial charge in [0.2, 0.25) is 0 Å². The molecule has 6 nitrogen and oxygen atoms in total. The second-order valence-electron chi connectivity index (χ2n) is 7.09. The molecule has 2 aliphatic heterocycles. The summed E-state index contributed by atoms with van der Waals surface area (Å²) in [5, 5.41) is -0.822. The third-order valence-electron chi connectivity index (χ3n) is 5.31. The van der Waals surface area contributed by atoms with Gasteiger partial charge in [-0.1, -0.05) is 6.92 Å². The molecule has 0 aromatic rings. The number of rotatable bonds is 5. The zero-order valence-electron chi connectivity index (χ0n) is 13.9. The van der Waals surface area contributed by atoms with Crippen LogP contribution >= 0.6 is 11.6 Å². The molecule has 134 valence electrons. The largest absolute Gasteiger partial charge is 0.458 e. The van der Waals surface area contributed by atoms with Crippen LogP contribution in [0.3, 0.4) is 0 Å². The van der Waals surface area contributed by atoms with Crippen LogP contribution in [0.5, 0.6) is 0 Å². The third-order valence-corrected chi connectivity index (χ3v) is 5.49. The van der Waals surface area contributed by atoms with Gasteiger partial charge in [-0.05, 0) is 44.9 Å². The molecule has 4 bridgehead atoms. The maximum absolute atomic E-state index is 12.4. The van der Waals surface area contributed by atoms with E-state index in [-0.39, 0.29) is 23.9 Å². The standard InChI is InChI=1S/C17H23ClO6/c1-3-12(22-15(19)8(2)18)17(21)24-14-10-4-9-5-11(7-10)16(20)23-13(14)6-9/h8-14H,3-7H2,1-2H3. The number of hydrogen-bond acceptors (Lipinski definition) is 6. The molecule has 7 atom stereocenters. The number of carbonyl (C=O) groups excluding carboxylic acids is 3. The average molecular weight is 359 g/mol. The van der Waals surface area contributed by atoms with E-state index in [1.54, 1.807) is 6.92 Å². The molecule has 0 aromatic carbocycles. The second kappa shape index (κ2) is 6.90. The highest BCUT2D eigenvalue weighted by Crippen LogP contribution is 2.48. The minimum atomic E-state index is -0.979. The Morgan fingerprint density at radius 2 is 2.00 bits per heavy atom. The van der Waals surface area contributed by atoms with Gasteiger partial charge >= 0.3 is 17.9 Å². The van der Waals surface area contributed by atoms with E-state index in [2.05, 4.69) is 0 Å². The van der Waals surface area contributed by atoms with E-state index in [0.717, 1.165) is 19.3 Å². The first-order valence-electron chi connectivity index (χ1n) is 8.64. The number of alkyl halides is 1. The Kier molecular flexibility index (Phi) is 5.04. The molecule has 0 amide bonds. The van der Waals surface area contributed by atoms with Crippen LogP contribution in [0, 0.1) is 17.8 Å². The molecule has 0 spiro atoms. The van der Waals surface area contributed by atoms with Crippen LogP contribution in [0.4, 0.5) is 0 Å². The number of halogens is 1. The van der Waals surface area contributed by atoms with Gasteiger partial charge in [0.15, 0.2) is 6.10 Å². The van der Waals surface area contributed by atoms with Crippen molar-refractivity contribution in [2.24, 2.45) is 17.8 Å². The number of ether oxygens (including phenoxy) is 3. The van der Waals surface area contributed by atoms with Gasteiger partial charge < -0.3 is 14.2 Å². The first-order valence-corrected chi connectivity index (χ1v) is 9.08. The van der Waals surface area contributed by atoms with Gasteiger partial charge in [0.25, 0.3) is 0 Å². The minimum absolute atomic E-state index is 0.0700. The molecule has 2 aliphatic carbocycles. The SMILES string of the molecule is CCC(OC(=O)C(C)Cl)C(=O)OC1C2CC3CC(C2)C(=O)OC1C3. The summed E-state index contributed by atoms with van der Waals surface area (Å²) in [6, 6.07) is 0. The van der Waals surface area contributed by atoms with Crippen LogP contribution in [-0.2, 0) is 28.6 Å². The lowest BCUT2D eigenvalue weighted by Gasteiger charge is -2.41. The molecule has 24 heavy (non-hydrogen) atoms. The zero-order valence-corrected chi connectivity index (χ0v) is 14.7. The molecule has 0 aromatic heterocycles. The van der Waals surface area contributed by atoms with Crippen LogP contribution in [0.15, 0.2) is 0 Å². The lowest BCUT2D eigenvalue weighted by atomic mass is 9.67. The molecule has 2 heterocycles. The van der Waals surface area contributed by atoms with E-state index in [1.165, 1.54) is 6.92 Å². The van der Waals surface area contributed by atoms with Crippen molar-refractivity contribution < 1.29 is 28.6 Å². The Bertz CT molecular complexity index is 533. The Labute approximate surface area is 146 Å². The third kappa shape index (κ3) is 3.39. The van der Waals surface area contributed by atoms with E-state index in [9.17, 15) is 14.4 Å². The van der Waals surface area contributed by atoms with Crippen molar-refractivity contribution in [3.05, 3.63) is 0 Å². The lowest BCUT2D eigenvalue weighted by molar-refractivity contribution is -0.185. The van der Waals surface area contributed by atoms with Gasteiger partial charge in [-0.3, -0.25) is 9.59 Å². The molecular weight excluding hydrogens is 336 g/mol. The summed E-state index contributed by atoms with van der Waals surface area (Å²) in [4.78, 5) is 36.1. The predicted molar refractivity (Wildman–Crippen MR) is 84.2 cm³/mol. The topological polar surface area (TPSA) is 78.9 Å². The van der Waals surface area contributed by atoms with Crippen molar-refractivity contribution >= 4 is 29.5 Å². The Hall–Kier alpha value is -1.30. The fourth-order valence-corrected chi connectivity index (χ4v) is 4.23. The summed E-state index contributed by atoms with van der Waals surface area (Å²) in [5.74, 6) is -0.856. The van der Waals surface area contributed by atoms with E-state index in [1.807, 2.05) is 0 Å². The monoisotopic (exact) mass is 358 g/mol. The molecule has 7 heteroatoms. The maximum Gasteiger partial charge on any atom is 0.347 e. The molecule has 2 saturated heterocycles. The van der Waals surface area contributed by atoms with E-state index in [0.29, 0.717) is 18.8 Å². The van der Waals surface area contributed by atoms with Crippen LogP contribution in [-0.4, -0.2) is 41.6 Å². The summed E-state index contributed by atoms with van der Waals surface area (Å²) < 4.78 is 16.3. The van der Waals surface area contributed by atoms with Crippen LogP contribution < -0.4 is 0 Å². The predicted octanol–water partition coefficient (Wildman–Crippen LogP) is 2.21. The number of hydrogen-bond donors (Lipinski definition) is 0. The Morgan fingerprint density at radius 1 is 1.25 bits per heavy atom. The lowest BCUT2D eigenvalue weighted by Crippen LogP contribution is -2.47. The van der Waals surface area contributed by atoms with Crippen LogP contribution in [0.1, 0.15) is 46.0 Å². The smallest absolute Gasteiger partial charge is 0.347 e. The normalized spacial score (nSPS) is 36.5. The van der Waals surface area contributed by atoms with E-state index in [4.69, 9.17) is 25.8 Å². The highest BCUT2D eigenvalue weighted by molar-refractivity contribution is 6.29. The summed E-state index contributed by atoms with van der Waals surface area (Å²) in [5.41, 5.74) is 0. The summed E-state index contributed by atoms with van der Waals surface area (Å²) in [6.45, 7) is 3.23. The summed E-state index contributed by atoms with van der Waals surface area (Å²) >= 11 is 5.68. The first-order chi connectivity index (χ1) is 11.4. The summed E-state index contributed by atoms with van der Waals surface area (Å²) in [7, 11) is 0. The van der Waals surface area contributed by atoms with Crippen LogP contribution in [0.2, 0.25) is 0 Å². The molecule has 7 unspecified atom stereocenters. The number of fused-ring (bicyclic) bond motifs is 1.